The highest BCUT2D eigenvalue weighted by atomic mass is 16.5. The van der Waals surface area contributed by atoms with Crippen LogP contribution >= 0.6 is 0 Å². The quantitative estimate of drug-likeness (QED) is 0.700. The average Bonchev–Trinajstić information content (AvgIpc) is 3.24. The third kappa shape index (κ3) is 4.16. The largest absolute Gasteiger partial charge is 0.497 e. The Bertz CT molecular complexity index is 1020. The van der Waals surface area contributed by atoms with Crippen LogP contribution in [0.4, 0.5) is 5.95 Å². The molecule has 1 aliphatic rings. The minimum Gasteiger partial charge on any atom is -0.497 e. The van der Waals surface area contributed by atoms with Gasteiger partial charge in [-0.1, -0.05) is 30.3 Å². The second-order valence-corrected chi connectivity index (χ2v) is 7.37. The number of fused-ring (bicyclic) bond motifs is 1. The summed E-state index contributed by atoms with van der Waals surface area (Å²) in [6, 6.07) is 15.7. The van der Waals surface area contributed by atoms with E-state index in [1.54, 1.807) is 7.11 Å². The van der Waals surface area contributed by atoms with Gasteiger partial charge < -0.3 is 15.0 Å². The topological polar surface area (TPSA) is 67.3 Å². The minimum atomic E-state index is -0.221. The molecule has 1 fully saturated rings. The van der Waals surface area contributed by atoms with Crippen molar-refractivity contribution in [3.8, 4) is 5.75 Å². The normalized spacial score (nSPS) is 16.2. The van der Waals surface area contributed by atoms with Crippen LogP contribution in [0.15, 0.2) is 48.5 Å². The predicted octanol–water partition coefficient (Wildman–Crippen LogP) is 3.27. The molecular weight excluding hydrogens is 364 g/mol. The first-order valence-electron chi connectivity index (χ1n) is 10.1. The molecule has 1 saturated heterocycles. The Balaban J connectivity index is 1.43. The van der Waals surface area contributed by atoms with Gasteiger partial charge in [0.1, 0.15) is 11.8 Å². The molecule has 1 N–H and O–H groups in total. The first-order valence-corrected chi connectivity index (χ1v) is 10.1. The molecule has 2 heterocycles. The third-order valence-electron chi connectivity index (χ3n) is 5.44. The summed E-state index contributed by atoms with van der Waals surface area (Å²) in [5.41, 5.74) is 3.00. The summed E-state index contributed by atoms with van der Waals surface area (Å²) in [4.78, 5) is 24.3. The molecule has 1 amide bonds. The van der Waals surface area contributed by atoms with Crippen LogP contribution in [0.2, 0.25) is 0 Å². The maximum atomic E-state index is 12.9. The number of aryl methyl sites for hydroxylation is 1. The number of carbonyl (C=O) groups is 1. The number of nitrogens with zero attached hydrogens (tertiary/aromatic N) is 3. The van der Waals surface area contributed by atoms with Gasteiger partial charge in [-0.2, -0.15) is 0 Å². The number of methoxy groups -OCH3 is 1. The molecule has 6 heteroatoms. The summed E-state index contributed by atoms with van der Waals surface area (Å²) in [7, 11) is 1.66. The van der Waals surface area contributed by atoms with E-state index in [1.807, 2.05) is 60.4 Å². The van der Waals surface area contributed by atoms with E-state index in [1.165, 1.54) is 0 Å². The molecule has 0 bridgehead atoms. The second kappa shape index (κ2) is 8.47. The zero-order chi connectivity index (χ0) is 20.2. The Labute approximate surface area is 170 Å². The summed E-state index contributed by atoms with van der Waals surface area (Å²) in [5, 5.41) is 4.14. The van der Waals surface area contributed by atoms with Gasteiger partial charge in [-0.3, -0.25) is 4.79 Å². The van der Waals surface area contributed by atoms with Crippen molar-refractivity contribution in [2.75, 3.05) is 25.1 Å². The van der Waals surface area contributed by atoms with Crippen LogP contribution < -0.4 is 15.0 Å². The van der Waals surface area contributed by atoms with Gasteiger partial charge in [-0.05, 0) is 49.9 Å². The van der Waals surface area contributed by atoms with Gasteiger partial charge in [0.2, 0.25) is 11.9 Å². The van der Waals surface area contributed by atoms with Crippen molar-refractivity contribution in [1.29, 1.82) is 0 Å². The SMILES string of the molecule is COc1cccc(CCNC(=O)[C@@H]2CCCN2c2nc(C)c3ccccc3n2)c1. The molecule has 2 aromatic carbocycles. The van der Waals surface area contributed by atoms with Gasteiger partial charge in [-0.15, -0.1) is 0 Å². The number of rotatable bonds is 6. The van der Waals surface area contributed by atoms with E-state index in [0.717, 1.165) is 53.7 Å². The molecule has 0 unspecified atom stereocenters. The van der Waals surface area contributed by atoms with Crippen molar-refractivity contribution in [2.45, 2.75) is 32.2 Å². The average molecular weight is 390 g/mol. The molecule has 4 rings (SSSR count). The number of aromatic nitrogens is 2. The molecule has 3 aromatic rings. The van der Waals surface area contributed by atoms with E-state index in [4.69, 9.17) is 9.72 Å². The minimum absolute atomic E-state index is 0.0415. The lowest BCUT2D eigenvalue weighted by atomic mass is 10.1. The fraction of sp³-hybridized carbons (Fsp3) is 0.348. The van der Waals surface area contributed by atoms with Crippen molar-refractivity contribution < 1.29 is 9.53 Å². The van der Waals surface area contributed by atoms with Crippen LogP contribution in [0.25, 0.3) is 10.9 Å². The van der Waals surface area contributed by atoms with Crippen molar-refractivity contribution in [3.05, 3.63) is 59.8 Å². The van der Waals surface area contributed by atoms with Crippen LogP contribution in [0.3, 0.4) is 0 Å². The fourth-order valence-corrected chi connectivity index (χ4v) is 3.90. The lowest BCUT2D eigenvalue weighted by Gasteiger charge is -2.24. The maximum Gasteiger partial charge on any atom is 0.242 e. The van der Waals surface area contributed by atoms with Crippen LogP contribution in [-0.4, -0.2) is 42.1 Å². The number of hydrogen-bond acceptors (Lipinski definition) is 5. The molecule has 150 valence electrons. The lowest BCUT2D eigenvalue weighted by Crippen LogP contribution is -2.44. The summed E-state index contributed by atoms with van der Waals surface area (Å²) in [6.07, 6.45) is 2.55. The van der Waals surface area contributed by atoms with Gasteiger partial charge in [0, 0.05) is 18.5 Å². The first kappa shape index (κ1) is 19.2. The van der Waals surface area contributed by atoms with Gasteiger partial charge in [-0.25, -0.2) is 9.97 Å². The Morgan fingerprint density at radius 3 is 2.93 bits per heavy atom. The van der Waals surface area contributed by atoms with Crippen molar-refractivity contribution in [3.63, 3.8) is 0 Å². The van der Waals surface area contributed by atoms with Crippen molar-refractivity contribution in [1.82, 2.24) is 15.3 Å². The molecule has 1 aliphatic heterocycles. The zero-order valence-corrected chi connectivity index (χ0v) is 16.9. The molecule has 29 heavy (non-hydrogen) atoms. The van der Waals surface area contributed by atoms with E-state index in [9.17, 15) is 4.79 Å². The van der Waals surface area contributed by atoms with E-state index in [0.29, 0.717) is 12.5 Å². The highest BCUT2D eigenvalue weighted by Gasteiger charge is 2.32. The molecule has 1 aromatic heterocycles. The van der Waals surface area contributed by atoms with Gasteiger partial charge in [0.25, 0.3) is 0 Å². The number of nitrogens with one attached hydrogen (secondary N) is 1. The molecule has 1 atom stereocenters. The van der Waals surface area contributed by atoms with E-state index in [-0.39, 0.29) is 11.9 Å². The molecule has 0 spiro atoms. The number of hydrogen-bond donors (Lipinski definition) is 1. The fourth-order valence-electron chi connectivity index (χ4n) is 3.90. The number of ether oxygens (including phenoxy) is 1. The smallest absolute Gasteiger partial charge is 0.242 e. The van der Waals surface area contributed by atoms with Crippen molar-refractivity contribution in [2.24, 2.45) is 0 Å². The van der Waals surface area contributed by atoms with Gasteiger partial charge in [0.05, 0.1) is 18.3 Å². The third-order valence-corrected chi connectivity index (χ3v) is 5.44. The van der Waals surface area contributed by atoms with E-state index >= 15 is 0 Å². The van der Waals surface area contributed by atoms with Crippen LogP contribution in [0.5, 0.6) is 5.75 Å². The molecular formula is C23H26N4O2. The zero-order valence-electron chi connectivity index (χ0n) is 16.9. The Hall–Kier alpha value is -3.15. The Kier molecular flexibility index (Phi) is 5.60. The first-order chi connectivity index (χ1) is 14.2. The molecule has 6 nitrogen and oxygen atoms in total. The molecule has 0 radical (unpaired) electrons. The number of benzene rings is 2. The molecule has 0 saturated carbocycles. The highest BCUT2D eigenvalue weighted by molar-refractivity contribution is 5.86. The summed E-state index contributed by atoms with van der Waals surface area (Å²) in [6.45, 7) is 3.38. The highest BCUT2D eigenvalue weighted by Crippen LogP contribution is 2.25. The van der Waals surface area contributed by atoms with Gasteiger partial charge in [0.15, 0.2) is 0 Å². The monoisotopic (exact) mass is 390 g/mol. The summed E-state index contributed by atoms with van der Waals surface area (Å²) >= 11 is 0. The Morgan fingerprint density at radius 2 is 2.07 bits per heavy atom. The molecule has 0 aliphatic carbocycles. The van der Waals surface area contributed by atoms with E-state index < -0.39 is 0 Å². The Morgan fingerprint density at radius 1 is 1.21 bits per heavy atom. The number of amides is 1. The van der Waals surface area contributed by atoms with Crippen LogP contribution in [0, 0.1) is 6.92 Å². The predicted molar refractivity (Wildman–Crippen MR) is 114 cm³/mol. The summed E-state index contributed by atoms with van der Waals surface area (Å²) < 4.78 is 5.26. The van der Waals surface area contributed by atoms with Crippen molar-refractivity contribution >= 4 is 22.8 Å². The standard InChI is InChI=1S/C23H26N4O2/c1-16-19-9-3-4-10-20(19)26-23(25-16)27-14-6-11-21(27)22(28)24-13-12-17-7-5-8-18(15-17)29-2/h3-5,7-10,15,21H,6,11-14H2,1-2H3,(H,24,28)/t21-/m0/s1. The van der Waals surface area contributed by atoms with E-state index in [2.05, 4.69) is 10.3 Å². The maximum absolute atomic E-state index is 12.9. The second-order valence-electron chi connectivity index (χ2n) is 7.37. The summed E-state index contributed by atoms with van der Waals surface area (Å²) in [5.74, 6) is 1.52. The lowest BCUT2D eigenvalue weighted by molar-refractivity contribution is -0.122. The number of carbonyl (C=O) groups excluding carboxylic acids is 1. The van der Waals surface area contributed by atoms with Crippen LogP contribution in [0.1, 0.15) is 24.1 Å². The number of para-hydroxylation sites is 1. The van der Waals surface area contributed by atoms with Crippen LogP contribution in [-0.2, 0) is 11.2 Å². The van der Waals surface area contributed by atoms with Gasteiger partial charge >= 0.3 is 0 Å². The number of anilines is 1.